The highest BCUT2D eigenvalue weighted by molar-refractivity contribution is 6.33. The van der Waals surface area contributed by atoms with Crippen molar-refractivity contribution in [2.45, 2.75) is 0 Å². The van der Waals surface area contributed by atoms with Crippen molar-refractivity contribution in [3.63, 3.8) is 0 Å². The summed E-state index contributed by atoms with van der Waals surface area (Å²) in [4.78, 5) is 20.6. The number of carbonyl (C=O) groups is 1. The maximum Gasteiger partial charge on any atom is 0.257 e. The lowest BCUT2D eigenvalue weighted by atomic mass is 10.1. The molecule has 1 amide bonds. The monoisotopic (exact) mass is 367 g/mol. The number of amides is 1. The summed E-state index contributed by atoms with van der Waals surface area (Å²) in [6, 6.07) is 13.7. The highest BCUT2D eigenvalue weighted by Crippen LogP contribution is 2.29. The summed E-state index contributed by atoms with van der Waals surface area (Å²) in [5.74, 6) is -0.479. The summed E-state index contributed by atoms with van der Waals surface area (Å²) in [6.07, 6.45) is 3.02. The van der Waals surface area contributed by atoms with Crippen molar-refractivity contribution in [1.29, 1.82) is 0 Å². The van der Waals surface area contributed by atoms with E-state index in [2.05, 4.69) is 20.4 Å². The number of nitrogens with zero attached hydrogens (tertiary/aromatic N) is 3. The summed E-state index contributed by atoms with van der Waals surface area (Å²) in [7, 11) is 0. The number of nitrogens with two attached hydrogens (primary N) is 1. The Morgan fingerprint density at radius 1 is 1.15 bits per heavy atom. The molecule has 2 aromatic heterocycles. The van der Waals surface area contributed by atoms with Crippen LogP contribution in [-0.2, 0) is 0 Å². The first-order chi connectivity index (χ1) is 12.6. The molecule has 0 aliphatic carbocycles. The molecule has 0 radical (unpaired) electrons. The lowest BCUT2D eigenvalue weighted by Crippen LogP contribution is -2.17. The molecule has 3 aromatic rings. The van der Waals surface area contributed by atoms with Gasteiger partial charge in [0.05, 0.1) is 16.3 Å². The van der Waals surface area contributed by atoms with Crippen LogP contribution in [0.5, 0.6) is 0 Å². The quantitative estimate of drug-likeness (QED) is 0.284. The second-order valence-electron chi connectivity index (χ2n) is 5.28. The Balaban J connectivity index is 1.82. The van der Waals surface area contributed by atoms with Crippen molar-refractivity contribution in [1.82, 2.24) is 9.97 Å². The van der Waals surface area contributed by atoms with Gasteiger partial charge in [-0.2, -0.15) is 0 Å². The van der Waals surface area contributed by atoms with E-state index in [9.17, 15) is 4.79 Å². The number of amidine groups is 1. The number of halogens is 1. The van der Waals surface area contributed by atoms with E-state index in [1.165, 1.54) is 18.3 Å². The fourth-order valence-corrected chi connectivity index (χ4v) is 2.47. The summed E-state index contributed by atoms with van der Waals surface area (Å²) >= 11 is 6.24. The second kappa shape index (κ2) is 7.62. The maximum absolute atomic E-state index is 12.4. The summed E-state index contributed by atoms with van der Waals surface area (Å²) < 4.78 is 0. The van der Waals surface area contributed by atoms with Crippen LogP contribution < -0.4 is 11.1 Å². The molecule has 1 aromatic carbocycles. The van der Waals surface area contributed by atoms with Crippen LogP contribution in [0.2, 0.25) is 5.02 Å². The normalized spacial score (nSPS) is 11.2. The first-order valence-electron chi connectivity index (χ1n) is 7.55. The third-order valence-electron chi connectivity index (χ3n) is 3.56. The van der Waals surface area contributed by atoms with Crippen molar-refractivity contribution >= 4 is 29.0 Å². The number of oxime groups is 1. The van der Waals surface area contributed by atoms with E-state index in [1.807, 2.05) is 18.2 Å². The molecule has 0 spiro atoms. The Hall–Kier alpha value is -3.45. The smallest absolute Gasteiger partial charge is 0.257 e. The number of hydrogen-bond acceptors (Lipinski definition) is 5. The zero-order chi connectivity index (χ0) is 18.5. The van der Waals surface area contributed by atoms with Gasteiger partial charge in [0.25, 0.3) is 5.91 Å². The van der Waals surface area contributed by atoms with Gasteiger partial charge >= 0.3 is 0 Å². The molecule has 0 saturated carbocycles. The van der Waals surface area contributed by atoms with Gasteiger partial charge in [-0.3, -0.25) is 14.8 Å². The third kappa shape index (κ3) is 3.79. The maximum atomic E-state index is 12.4. The first-order valence-corrected chi connectivity index (χ1v) is 7.92. The van der Waals surface area contributed by atoms with Crippen LogP contribution >= 0.6 is 11.6 Å². The van der Waals surface area contributed by atoms with Gasteiger partial charge in [-0.15, -0.1) is 0 Å². The van der Waals surface area contributed by atoms with Crippen LogP contribution in [0.15, 0.2) is 66.1 Å². The zero-order valence-corrected chi connectivity index (χ0v) is 14.2. The number of nitrogens with one attached hydrogen (secondary N) is 1. The summed E-state index contributed by atoms with van der Waals surface area (Å²) in [5, 5.41) is 14.8. The molecule has 26 heavy (non-hydrogen) atoms. The molecule has 130 valence electrons. The first kappa shape index (κ1) is 17.4. The van der Waals surface area contributed by atoms with Gasteiger partial charge in [-0.1, -0.05) is 22.8 Å². The Bertz CT molecular complexity index is 959. The van der Waals surface area contributed by atoms with E-state index in [0.717, 1.165) is 0 Å². The largest absolute Gasteiger partial charge is 0.409 e. The molecule has 0 aliphatic heterocycles. The standard InChI is InChI=1S/C18H14ClN5O2/c19-14-6-5-12(9-13(14)15-3-1-2-8-21-15)23-18(25)11-4-7-16(22-10-11)17(20)24-26/h1-10,26H,(H2,20,24)(H,23,25). The number of benzene rings is 1. The van der Waals surface area contributed by atoms with E-state index in [0.29, 0.717) is 27.5 Å². The van der Waals surface area contributed by atoms with E-state index < -0.39 is 0 Å². The fourth-order valence-electron chi connectivity index (χ4n) is 2.26. The highest BCUT2D eigenvalue weighted by Gasteiger charge is 2.11. The molecule has 0 aliphatic rings. The Kier molecular flexibility index (Phi) is 5.09. The number of aromatic nitrogens is 2. The SMILES string of the molecule is NC(=NO)c1ccc(C(=O)Nc2ccc(Cl)c(-c3ccccn3)c2)cn1. The lowest BCUT2D eigenvalue weighted by molar-refractivity contribution is 0.102. The molecule has 0 saturated heterocycles. The van der Waals surface area contributed by atoms with Crippen molar-refractivity contribution in [3.05, 3.63) is 77.2 Å². The van der Waals surface area contributed by atoms with Crippen LogP contribution in [0.3, 0.4) is 0 Å². The van der Waals surface area contributed by atoms with Crippen molar-refractivity contribution in [2.75, 3.05) is 5.32 Å². The summed E-state index contributed by atoms with van der Waals surface area (Å²) in [6.45, 7) is 0. The van der Waals surface area contributed by atoms with Crippen LogP contribution in [0.4, 0.5) is 5.69 Å². The van der Waals surface area contributed by atoms with E-state index in [1.54, 1.807) is 24.4 Å². The molecule has 3 rings (SSSR count). The van der Waals surface area contributed by atoms with Gasteiger partial charge in [-0.05, 0) is 42.5 Å². The zero-order valence-electron chi connectivity index (χ0n) is 13.4. The summed E-state index contributed by atoms with van der Waals surface area (Å²) in [5.41, 5.74) is 8.04. The van der Waals surface area contributed by atoms with Crippen molar-refractivity contribution in [2.24, 2.45) is 10.9 Å². The van der Waals surface area contributed by atoms with E-state index in [-0.39, 0.29) is 17.4 Å². The minimum Gasteiger partial charge on any atom is -0.409 e. The molecular weight excluding hydrogens is 354 g/mol. The number of anilines is 1. The van der Waals surface area contributed by atoms with E-state index >= 15 is 0 Å². The third-order valence-corrected chi connectivity index (χ3v) is 3.89. The molecule has 0 bridgehead atoms. The van der Waals surface area contributed by atoms with Crippen LogP contribution in [-0.4, -0.2) is 26.9 Å². The minimum absolute atomic E-state index is 0.130. The van der Waals surface area contributed by atoms with E-state index in [4.69, 9.17) is 22.5 Å². The molecule has 2 heterocycles. The van der Waals surface area contributed by atoms with Crippen molar-refractivity contribution in [3.8, 4) is 11.3 Å². The van der Waals surface area contributed by atoms with Gasteiger partial charge in [0.1, 0.15) is 5.69 Å². The van der Waals surface area contributed by atoms with Crippen molar-refractivity contribution < 1.29 is 10.0 Å². The van der Waals surface area contributed by atoms with Gasteiger partial charge in [-0.25, -0.2) is 0 Å². The van der Waals surface area contributed by atoms with Gasteiger partial charge in [0.15, 0.2) is 5.84 Å². The van der Waals surface area contributed by atoms with Crippen LogP contribution in [0.1, 0.15) is 16.1 Å². The number of rotatable bonds is 4. The highest BCUT2D eigenvalue weighted by atomic mass is 35.5. The van der Waals surface area contributed by atoms with Crippen LogP contribution in [0, 0.1) is 0 Å². The Morgan fingerprint density at radius 2 is 2.00 bits per heavy atom. The van der Waals surface area contributed by atoms with Gasteiger partial charge < -0.3 is 16.3 Å². The number of pyridine rings is 2. The molecular formula is C18H14ClN5O2. The van der Waals surface area contributed by atoms with Gasteiger partial charge in [0, 0.05) is 23.6 Å². The number of carbonyl (C=O) groups excluding carboxylic acids is 1. The van der Waals surface area contributed by atoms with Gasteiger partial charge in [0.2, 0.25) is 0 Å². The molecule has 7 nitrogen and oxygen atoms in total. The Labute approximate surface area is 154 Å². The molecule has 8 heteroatoms. The molecule has 0 atom stereocenters. The Morgan fingerprint density at radius 3 is 2.65 bits per heavy atom. The number of hydrogen-bond donors (Lipinski definition) is 3. The minimum atomic E-state index is -0.349. The fraction of sp³-hybridized carbons (Fsp3) is 0. The average Bonchev–Trinajstić information content (AvgIpc) is 2.69. The molecule has 0 unspecified atom stereocenters. The predicted molar refractivity (Wildman–Crippen MR) is 99.4 cm³/mol. The lowest BCUT2D eigenvalue weighted by Gasteiger charge is -2.09. The van der Waals surface area contributed by atoms with Crippen LogP contribution in [0.25, 0.3) is 11.3 Å². The topological polar surface area (TPSA) is 113 Å². The average molecular weight is 368 g/mol. The molecule has 0 fully saturated rings. The molecule has 4 N–H and O–H groups in total. The second-order valence-corrected chi connectivity index (χ2v) is 5.69. The predicted octanol–water partition coefficient (Wildman–Crippen LogP) is 3.14.